The van der Waals surface area contributed by atoms with Crippen molar-refractivity contribution in [3.05, 3.63) is 70.3 Å². The van der Waals surface area contributed by atoms with Crippen LogP contribution in [0.3, 0.4) is 0 Å². The lowest BCUT2D eigenvalue weighted by Gasteiger charge is -2.06. The van der Waals surface area contributed by atoms with Crippen molar-refractivity contribution in [3.63, 3.8) is 0 Å². The highest BCUT2D eigenvalue weighted by Crippen LogP contribution is 2.36. The number of benzene rings is 2. The highest BCUT2D eigenvalue weighted by Gasteiger charge is 2.22. The molecule has 0 saturated heterocycles. The molecule has 9 heteroatoms. The molecule has 0 aliphatic carbocycles. The number of anilines is 1. The van der Waals surface area contributed by atoms with E-state index in [0.717, 1.165) is 0 Å². The number of nitrogens with one attached hydrogen (secondary N) is 1. The van der Waals surface area contributed by atoms with E-state index in [1.165, 1.54) is 11.3 Å². The van der Waals surface area contributed by atoms with E-state index in [9.17, 15) is 14.7 Å². The molecule has 2 aromatic heterocycles. The van der Waals surface area contributed by atoms with Gasteiger partial charge in [0.2, 0.25) is 5.82 Å². The first-order valence-corrected chi connectivity index (χ1v) is 9.30. The summed E-state index contributed by atoms with van der Waals surface area (Å²) in [6, 6.07) is 13.8. The summed E-state index contributed by atoms with van der Waals surface area (Å²) in [6.45, 7) is 0. The van der Waals surface area contributed by atoms with Crippen LogP contribution in [0.2, 0.25) is 5.02 Å². The average molecular weight is 411 g/mol. The molecule has 0 bridgehead atoms. The average Bonchev–Trinajstić information content (AvgIpc) is 3.12. The van der Waals surface area contributed by atoms with Gasteiger partial charge >= 0.3 is 5.97 Å². The maximum absolute atomic E-state index is 12.5. The van der Waals surface area contributed by atoms with E-state index in [4.69, 9.17) is 11.6 Å². The molecule has 4 rings (SSSR count). The Balaban J connectivity index is 1.68. The van der Waals surface area contributed by atoms with Gasteiger partial charge < -0.3 is 10.4 Å². The first-order valence-electron chi connectivity index (χ1n) is 8.04. The monoisotopic (exact) mass is 410 g/mol. The third-order valence-electron chi connectivity index (χ3n) is 3.92. The van der Waals surface area contributed by atoms with Gasteiger partial charge in [0.1, 0.15) is 11.1 Å². The Morgan fingerprint density at radius 1 is 1.00 bits per heavy atom. The summed E-state index contributed by atoms with van der Waals surface area (Å²) in [4.78, 5) is 29.1. The lowest BCUT2D eigenvalue weighted by atomic mass is 10.1. The summed E-state index contributed by atoms with van der Waals surface area (Å²) < 4.78 is 0. The molecule has 0 spiro atoms. The topological polar surface area (TPSA) is 105 Å². The zero-order valence-corrected chi connectivity index (χ0v) is 15.7. The SMILES string of the molecule is O=C(Nc1csc(-c2ccc(Cl)cc2)c1C(=O)O)c1nnc2ccccc2n1. The normalized spacial score (nSPS) is 10.8. The summed E-state index contributed by atoms with van der Waals surface area (Å²) in [7, 11) is 0. The number of halogens is 1. The number of carbonyl (C=O) groups excluding carboxylic acids is 1. The van der Waals surface area contributed by atoms with Crippen LogP contribution < -0.4 is 5.32 Å². The fourth-order valence-corrected chi connectivity index (χ4v) is 3.76. The Morgan fingerprint density at radius 2 is 1.71 bits per heavy atom. The molecule has 138 valence electrons. The molecule has 2 N–H and O–H groups in total. The molecule has 0 atom stereocenters. The van der Waals surface area contributed by atoms with Crippen molar-refractivity contribution in [2.45, 2.75) is 0 Å². The van der Waals surface area contributed by atoms with Crippen LogP contribution in [-0.4, -0.2) is 32.2 Å². The van der Waals surface area contributed by atoms with Crippen molar-refractivity contribution in [2.24, 2.45) is 0 Å². The number of hydrogen-bond donors (Lipinski definition) is 2. The fraction of sp³-hybridized carbons (Fsp3) is 0. The van der Waals surface area contributed by atoms with Crippen LogP contribution in [0.4, 0.5) is 5.69 Å². The number of para-hydroxylation sites is 1. The number of thiophene rings is 1. The van der Waals surface area contributed by atoms with Crippen LogP contribution in [0.15, 0.2) is 53.9 Å². The molecule has 0 radical (unpaired) electrons. The summed E-state index contributed by atoms with van der Waals surface area (Å²) in [5.41, 5.74) is 1.94. The van der Waals surface area contributed by atoms with E-state index in [-0.39, 0.29) is 17.1 Å². The zero-order chi connectivity index (χ0) is 19.7. The van der Waals surface area contributed by atoms with Crippen molar-refractivity contribution < 1.29 is 14.7 Å². The molecule has 0 fully saturated rings. The molecule has 0 saturated carbocycles. The van der Waals surface area contributed by atoms with Crippen LogP contribution in [0.5, 0.6) is 0 Å². The van der Waals surface area contributed by atoms with Gasteiger partial charge in [-0.15, -0.1) is 21.5 Å². The highest BCUT2D eigenvalue weighted by molar-refractivity contribution is 7.14. The molecular weight excluding hydrogens is 400 g/mol. The van der Waals surface area contributed by atoms with E-state index < -0.39 is 11.9 Å². The van der Waals surface area contributed by atoms with Gasteiger partial charge in [0.15, 0.2) is 0 Å². The van der Waals surface area contributed by atoms with Crippen LogP contribution >= 0.6 is 22.9 Å². The predicted molar refractivity (Wildman–Crippen MR) is 107 cm³/mol. The fourth-order valence-electron chi connectivity index (χ4n) is 2.63. The lowest BCUT2D eigenvalue weighted by Crippen LogP contribution is -2.17. The van der Waals surface area contributed by atoms with Crippen LogP contribution in [-0.2, 0) is 0 Å². The quantitative estimate of drug-likeness (QED) is 0.518. The number of carboxylic acid groups (broad SMARTS) is 1. The summed E-state index contributed by atoms with van der Waals surface area (Å²) in [5.74, 6) is -1.94. The minimum atomic E-state index is -1.15. The van der Waals surface area contributed by atoms with Crippen molar-refractivity contribution in [1.29, 1.82) is 0 Å². The van der Waals surface area contributed by atoms with Gasteiger partial charge in [-0.3, -0.25) is 4.79 Å². The van der Waals surface area contributed by atoms with Gasteiger partial charge in [0, 0.05) is 10.4 Å². The molecule has 1 amide bonds. The largest absolute Gasteiger partial charge is 0.478 e. The molecule has 2 aromatic carbocycles. The molecule has 4 aromatic rings. The molecule has 28 heavy (non-hydrogen) atoms. The maximum Gasteiger partial charge on any atom is 0.339 e. The highest BCUT2D eigenvalue weighted by atomic mass is 35.5. The summed E-state index contributed by atoms with van der Waals surface area (Å²) >= 11 is 7.10. The molecular formula is C19H11ClN4O3S. The third kappa shape index (κ3) is 3.42. The van der Waals surface area contributed by atoms with Gasteiger partial charge in [-0.1, -0.05) is 35.9 Å². The second-order valence-corrected chi connectivity index (χ2v) is 7.06. The molecule has 0 aliphatic rings. The third-order valence-corrected chi connectivity index (χ3v) is 5.20. The van der Waals surface area contributed by atoms with Crippen molar-refractivity contribution in [3.8, 4) is 10.4 Å². The Morgan fingerprint density at radius 3 is 2.43 bits per heavy atom. The second kappa shape index (κ2) is 7.34. The van der Waals surface area contributed by atoms with Crippen LogP contribution in [0, 0.1) is 0 Å². The van der Waals surface area contributed by atoms with Crippen LogP contribution in [0.1, 0.15) is 21.0 Å². The van der Waals surface area contributed by atoms with E-state index in [2.05, 4.69) is 20.5 Å². The number of aromatic carboxylic acids is 1. The van der Waals surface area contributed by atoms with E-state index >= 15 is 0 Å². The van der Waals surface area contributed by atoms with Gasteiger partial charge in [-0.25, -0.2) is 9.78 Å². The number of aromatic nitrogens is 3. The van der Waals surface area contributed by atoms with Gasteiger partial charge in [-0.05, 0) is 29.8 Å². The Labute approximate surface area is 167 Å². The van der Waals surface area contributed by atoms with E-state index in [0.29, 0.717) is 26.5 Å². The zero-order valence-electron chi connectivity index (χ0n) is 14.1. The Bertz CT molecular complexity index is 1210. The van der Waals surface area contributed by atoms with Gasteiger partial charge in [0.25, 0.3) is 5.91 Å². The number of fused-ring (bicyclic) bond motifs is 1. The number of nitrogens with zero attached hydrogens (tertiary/aromatic N) is 3. The lowest BCUT2D eigenvalue weighted by molar-refractivity contribution is 0.0699. The summed E-state index contributed by atoms with van der Waals surface area (Å²) in [5, 5.41) is 22.1. The Kier molecular flexibility index (Phi) is 4.72. The Hall–Kier alpha value is -3.36. The van der Waals surface area contributed by atoms with Gasteiger partial charge in [-0.2, -0.15) is 0 Å². The number of hydrogen-bond acceptors (Lipinski definition) is 6. The number of carboxylic acids is 1. The number of rotatable bonds is 4. The smallest absolute Gasteiger partial charge is 0.339 e. The first-order chi connectivity index (χ1) is 13.5. The molecule has 7 nitrogen and oxygen atoms in total. The van der Waals surface area contributed by atoms with Crippen LogP contribution in [0.25, 0.3) is 21.5 Å². The first kappa shape index (κ1) is 18.0. The standard InChI is InChI=1S/C19H11ClN4O3S/c20-11-7-5-10(6-8-11)16-15(19(26)27)14(9-28-16)22-18(25)17-21-12-3-1-2-4-13(12)23-24-17/h1-9H,(H,22,25)(H,26,27). The number of carbonyl (C=O) groups is 2. The van der Waals surface area contributed by atoms with E-state index in [1.54, 1.807) is 53.9 Å². The molecule has 0 aliphatic heterocycles. The van der Waals surface area contributed by atoms with Gasteiger partial charge in [0.05, 0.1) is 16.1 Å². The van der Waals surface area contributed by atoms with Crippen molar-refractivity contribution in [1.82, 2.24) is 15.2 Å². The minimum absolute atomic E-state index is 0.00517. The maximum atomic E-state index is 12.5. The molecule has 2 heterocycles. The molecule has 0 unspecified atom stereocenters. The second-order valence-electron chi connectivity index (χ2n) is 5.74. The predicted octanol–water partition coefficient (Wildman–Crippen LogP) is 4.36. The number of amides is 1. The van der Waals surface area contributed by atoms with Crippen molar-refractivity contribution in [2.75, 3.05) is 5.32 Å². The van der Waals surface area contributed by atoms with E-state index in [1.807, 2.05) is 0 Å². The minimum Gasteiger partial charge on any atom is -0.478 e. The summed E-state index contributed by atoms with van der Waals surface area (Å²) in [6.07, 6.45) is 0. The van der Waals surface area contributed by atoms with Crippen molar-refractivity contribution >= 4 is 51.5 Å².